The zero-order chi connectivity index (χ0) is 14.5. The molecule has 2 nitrogen and oxygen atoms in total. The number of hydrogen-bond donors (Lipinski definition) is 1. The Balaban J connectivity index is 2.17. The lowest BCUT2D eigenvalue weighted by atomic mass is 10.1. The van der Waals surface area contributed by atoms with Crippen LogP contribution < -0.4 is 10.2 Å². The zero-order valence-corrected chi connectivity index (χ0v) is 12.4. The van der Waals surface area contributed by atoms with Crippen molar-refractivity contribution < 1.29 is 4.39 Å². The summed E-state index contributed by atoms with van der Waals surface area (Å²) in [6.45, 7) is 1.23. The van der Waals surface area contributed by atoms with Crippen molar-refractivity contribution in [2.24, 2.45) is 0 Å². The highest BCUT2D eigenvalue weighted by Crippen LogP contribution is 2.23. The molecule has 0 bridgehead atoms. The van der Waals surface area contributed by atoms with E-state index in [0.717, 1.165) is 11.1 Å². The van der Waals surface area contributed by atoms with Crippen LogP contribution >= 0.6 is 11.6 Å². The number of hydrogen-bond acceptors (Lipinski definition) is 2. The van der Waals surface area contributed by atoms with E-state index in [9.17, 15) is 4.39 Å². The van der Waals surface area contributed by atoms with E-state index in [0.29, 0.717) is 23.8 Å². The van der Waals surface area contributed by atoms with E-state index in [1.165, 1.54) is 0 Å². The van der Waals surface area contributed by atoms with Crippen molar-refractivity contribution in [2.45, 2.75) is 13.1 Å². The first-order valence-electron chi connectivity index (χ1n) is 6.49. The van der Waals surface area contributed by atoms with Crippen LogP contribution in [0.25, 0.3) is 0 Å². The Morgan fingerprint density at radius 1 is 1.20 bits per heavy atom. The number of benzene rings is 2. The summed E-state index contributed by atoms with van der Waals surface area (Å²) in [4.78, 5) is 1.86. The smallest absolute Gasteiger partial charge is 0.146 e. The van der Waals surface area contributed by atoms with Crippen LogP contribution in [-0.2, 0) is 13.1 Å². The van der Waals surface area contributed by atoms with Gasteiger partial charge in [-0.3, -0.25) is 0 Å². The van der Waals surface area contributed by atoms with E-state index in [-0.39, 0.29) is 5.82 Å². The molecule has 2 rings (SSSR count). The lowest BCUT2D eigenvalue weighted by molar-refractivity contribution is 0.618. The molecule has 0 heterocycles. The third-order valence-electron chi connectivity index (χ3n) is 3.17. The van der Waals surface area contributed by atoms with Gasteiger partial charge in [0.1, 0.15) is 5.82 Å². The van der Waals surface area contributed by atoms with Gasteiger partial charge >= 0.3 is 0 Å². The second kappa shape index (κ2) is 6.73. The third kappa shape index (κ3) is 3.50. The number of nitrogens with one attached hydrogen (secondary N) is 1. The van der Waals surface area contributed by atoms with Crippen LogP contribution in [0, 0.1) is 5.82 Å². The summed E-state index contributed by atoms with van der Waals surface area (Å²) < 4.78 is 14.1. The van der Waals surface area contributed by atoms with Crippen molar-refractivity contribution in [2.75, 3.05) is 19.0 Å². The monoisotopic (exact) mass is 292 g/mol. The van der Waals surface area contributed by atoms with Crippen LogP contribution in [0.5, 0.6) is 0 Å². The summed E-state index contributed by atoms with van der Waals surface area (Å²) in [6.07, 6.45) is 0. The van der Waals surface area contributed by atoms with Gasteiger partial charge in [-0.2, -0.15) is 0 Å². The fourth-order valence-electron chi connectivity index (χ4n) is 2.14. The maximum absolute atomic E-state index is 14.1. The summed E-state index contributed by atoms with van der Waals surface area (Å²) in [5, 5.41) is 3.71. The van der Waals surface area contributed by atoms with Gasteiger partial charge < -0.3 is 10.2 Å². The van der Waals surface area contributed by atoms with Crippen LogP contribution in [0.1, 0.15) is 11.1 Å². The third-order valence-corrected chi connectivity index (χ3v) is 3.54. The lowest BCUT2D eigenvalue weighted by Crippen LogP contribution is -2.18. The maximum Gasteiger partial charge on any atom is 0.146 e. The van der Waals surface area contributed by atoms with Gasteiger partial charge in [0.2, 0.25) is 0 Å². The Kier molecular flexibility index (Phi) is 4.99. The highest BCUT2D eigenvalue weighted by atomic mass is 35.5. The average molecular weight is 293 g/mol. The van der Waals surface area contributed by atoms with Crippen molar-refractivity contribution in [3.05, 3.63) is 64.4 Å². The summed E-state index contributed by atoms with van der Waals surface area (Å²) >= 11 is 6.13. The molecule has 0 unspecified atom stereocenters. The quantitative estimate of drug-likeness (QED) is 0.901. The van der Waals surface area contributed by atoms with Gasteiger partial charge in [0.25, 0.3) is 0 Å². The number of rotatable bonds is 5. The van der Waals surface area contributed by atoms with Crippen molar-refractivity contribution in [1.29, 1.82) is 0 Å². The van der Waals surface area contributed by atoms with E-state index in [2.05, 4.69) is 5.32 Å². The molecule has 20 heavy (non-hydrogen) atoms. The molecule has 0 radical (unpaired) electrons. The van der Waals surface area contributed by atoms with E-state index in [1.807, 2.05) is 49.3 Å². The molecule has 0 amide bonds. The number of halogens is 2. The normalized spacial score (nSPS) is 10.6. The molecule has 0 aromatic heterocycles. The maximum atomic E-state index is 14.1. The van der Waals surface area contributed by atoms with Gasteiger partial charge in [-0.05, 0) is 36.4 Å². The molecular weight excluding hydrogens is 275 g/mol. The zero-order valence-electron chi connectivity index (χ0n) is 11.7. The van der Waals surface area contributed by atoms with Crippen LogP contribution in [0.15, 0.2) is 42.5 Å². The first-order valence-corrected chi connectivity index (χ1v) is 6.87. The topological polar surface area (TPSA) is 15.3 Å². The Labute approximate surface area is 124 Å². The van der Waals surface area contributed by atoms with E-state index >= 15 is 0 Å². The minimum Gasteiger partial charge on any atom is -0.368 e. The predicted molar refractivity (Wildman–Crippen MR) is 82.7 cm³/mol. The van der Waals surface area contributed by atoms with Gasteiger partial charge in [-0.15, -0.1) is 0 Å². The molecule has 106 valence electrons. The average Bonchev–Trinajstić information content (AvgIpc) is 2.42. The molecular formula is C16H18ClFN2. The summed E-state index contributed by atoms with van der Waals surface area (Å²) in [5.74, 6) is -0.215. The highest BCUT2D eigenvalue weighted by molar-refractivity contribution is 6.31. The Morgan fingerprint density at radius 2 is 1.95 bits per heavy atom. The van der Waals surface area contributed by atoms with Gasteiger partial charge in [-0.1, -0.05) is 35.9 Å². The van der Waals surface area contributed by atoms with Gasteiger partial charge in [-0.25, -0.2) is 4.39 Å². The van der Waals surface area contributed by atoms with Crippen LogP contribution in [-0.4, -0.2) is 14.1 Å². The molecule has 2 aromatic carbocycles. The molecule has 0 aliphatic carbocycles. The SMILES string of the molecule is CNCc1ccc(N(C)Cc2ccccc2Cl)c(F)c1. The molecule has 1 N–H and O–H groups in total. The van der Waals surface area contributed by atoms with Crippen molar-refractivity contribution >= 4 is 17.3 Å². The summed E-state index contributed by atoms with van der Waals surface area (Å²) in [7, 11) is 3.70. The predicted octanol–water partition coefficient (Wildman–Crippen LogP) is 3.83. The molecule has 0 atom stereocenters. The Hall–Kier alpha value is -1.58. The number of anilines is 1. The standard InChI is InChI=1S/C16H18ClFN2/c1-19-10-12-7-8-16(15(18)9-12)20(2)11-13-5-3-4-6-14(13)17/h3-9,19H,10-11H2,1-2H3. The molecule has 0 saturated carbocycles. The molecule has 4 heteroatoms. The molecule has 0 saturated heterocycles. The van der Waals surface area contributed by atoms with E-state index < -0.39 is 0 Å². The molecule has 2 aromatic rings. The van der Waals surface area contributed by atoms with Gasteiger partial charge in [0, 0.05) is 25.2 Å². The van der Waals surface area contributed by atoms with Crippen molar-refractivity contribution in [1.82, 2.24) is 5.32 Å². The number of nitrogens with zero attached hydrogens (tertiary/aromatic N) is 1. The largest absolute Gasteiger partial charge is 0.368 e. The molecule has 0 fully saturated rings. The minimum absolute atomic E-state index is 0.215. The fraction of sp³-hybridized carbons (Fsp3) is 0.250. The summed E-state index contributed by atoms with van der Waals surface area (Å²) in [6, 6.07) is 12.9. The van der Waals surface area contributed by atoms with E-state index in [4.69, 9.17) is 11.6 Å². The van der Waals surface area contributed by atoms with Crippen molar-refractivity contribution in [3.63, 3.8) is 0 Å². The van der Waals surface area contributed by atoms with E-state index in [1.54, 1.807) is 12.1 Å². The second-order valence-corrected chi connectivity index (χ2v) is 5.17. The van der Waals surface area contributed by atoms with Gasteiger partial charge in [0.15, 0.2) is 0 Å². The lowest BCUT2D eigenvalue weighted by Gasteiger charge is -2.21. The van der Waals surface area contributed by atoms with Crippen molar-refractivity contribution in [3.8, 4) is 0 Å². The first kappa shape index (κ1) is 14.8. The van der Waals surface area contributed by atoms with Crippen LogP contribution in [0.3, 0.4) is 0 Å². The molecule has 0 aliphatic heterocycles. The summed E-state index contributed by atoms with van der Waals surface area (Å²) in [5.41, 5.74) is 2.49. The Bertz CT molecular complexity index is 586. The fourth-order valence-corrected chi connectivity index (χ4v) is 2.34. The highest BCUT2D eigenvalue weighted by Gasteiger charge is 2.10. The second-order valence-electron chi connectivity index (χ2n) is 4.76. The van der Waals surface area contributed by atoms with Crippen LogP contribution in [0.2, 0.25) is 5.02 Å². The minimum atomic E-state index is -0.215. The van der Waals surface area contributed by atoms with Gasteiger partial charge in [0.05, 0.1) is 5.69 Å². The first-order chi connectivity index (χ1) is 9.61. The molecule has 0 aliphatic rings. The van der Waals surface area contributed by atoms with Crippen LogP contribution in [0.4, 0.5) is 10.1 Å². The molecule has 0 spiro atoms. The Morgan fingerprint density at radius 3 is 2.60 bits per heavy atom.